The first-order valence-electron chi connectivity index (χ1n) is 12.6. The summed E-state index contributed by atoms with van der Waals surface area (Å²) in [7, 11) is 0. The zero-order chi connectivity index (χ0) is 26.8. The molecule has 0 spiro atoms. The van der Waals surface area contributed by atoms with E-state index in [1.165, 1.54) is 23.5 Å². The lowest BCUT2D eigenvalue weighted by molar-refractivity contribution is -0.144. The van der Waals surface area contributed by atoms with Crippen LogP contribution in [-0.2, 0) is 20.7 Å². The Kier molecular flexibility index (Phi) is 8.11. The van der Waals surface area contributed by atoms with E-state index < -0.39 is 12.1 Å². The van der Waals surface area contributed by atoms with Crippen LogP contribution in [0.3, 0.4) is 0 Å². The van der Waals surface area contributed by atoms with Gasteiger partial charge in [0.05, 0.1) is 58.6 Å². The third-order valence-corrected chi connectivity index (χ3v) is 8.46. The largest absolute Gasteiger partial charge is 0.481 e. The van der Waals surface area contributed by atoms with E-state index in [2.05, 4.69) is 10.3 Å². The van der Waals surface area contributed by atoms with Crippen molar-refractivity contribution < 1.29 is 28.2 Å². The minimum absolute atomic E-state index is 0.0319. The average Bonchev–Trinajstić information content (AvgIpc) is 3.46. The van der Waals surface area contributed by atoms with Gasteiger partial charge in [-0.1, -0.05) is 29.0 Å². The van der Waals surface area contributed by atoms with Crippen LogP contribution in [0.5, 0.6) is 0 Å². The summed E-state index contributed by atoms with van der Waals surface area (Å²) in [5, 5.41) is 13.3. The van der Waals surface area contributed by atoms with Gasteiger partial charge in [0.25, 0.3) is 0 Å². The highest BCUT2D eigenvalue weighted by molar-refractivity contribution is 7.22. The van der Waals surface area contributed by atoms with E-state index in [0.29, 0.717) is 57.3 Å². The summed E-state index contributed by atoms with van der Waals surface area (Å²) in [5.41, 5.74) is 1.99. The quantitative estimate of drug-likeness (QED) is 0.351. The number of aliphatic carboxylic acids is 1. The van der Waals surface area contributed by atoms with E-state index in [1.807, 2.05) is 0 Å². The molecular weight excluding hydrogens is 536 g/mol. The fraction of sp³-hybridized carbons (Fsp3) is 0.444. The van der Waals surface area contributed by atoms with Gasteiger partial charge in [-0.05, 0) is 61.6 Å². The van der Waals surface area contributed by atoms with Crippen LogP contribution >= 0.6 is 22.9 Å². The molecular formula is C27H28ClF2N3O4S. The molecule has 0 radical (unpaired) electrons. The number of likely N-dealkylation sites (tertiary alicyclic amines) is 1. The Morgan fingerprint density at radius 3 is 2.71 bits per heavy atom. The predicted octanol–water partition coefficient (Wildman–Crippen LogP) is 5.97. The van der Waals surface area contributed by atoms with Gasteiger partial charge in [0.15, 0.2) is 5.13 Å². The second kappa shape index (κ2) is 11.5. The first kappa shape index (κ1) is 26.8. The normalized spacial score (nSPS) is 23.6. The molecule has 2 heterocycles. The molecule has 1 aromatic heterocycles. The number of thiazole rings is 1. The highest BCUT2D eigenvalue weighted by atomic mass is 35.5. The Labute approximate surface area is 227 Å². The summed E-state index contributed by atoms with van der Waals surface area (Å²) < 4.78 is 34.5. The lowest BCUT2D eigenvalue weighted by Gasteiger charge is -2.29. The minimum atomic E-state index is -1.10. The number of amides is 1. The summed E-state index contributed by atoms with van der Waals surface area (Å²) in [6.07, 6.45) is 1.60. The number of benzene rings is 2. The topological polar surface area (TPSA) is 91.8 Å². The molecule has 202 valence electrons. The fourth-order valence-corrected chi connectivity index (χ4v) is 6.31. The van der Waals surface area contributed by atoms with Crippen LogP contribution in [0.25, 0.3) is 10.2 Å². The van der Waals surface area contributed by atoms with Crippen LogP contribution in [0.4, 0.5) is 19.6 Å². The zero-order valence-corrected chi connectivity index (χ0v) is 22.1. The number of ether oxygens (including phenoxy) is 1. The average molecular weight is 564 g/mol. The van der Waals surface area contributed by atoms with Crippen LogP contribution in [-0.4, -0.2) is 58.3 Å². The smallest absolute Gasteiger partial charge is 0.306 e. The Morgan fingerprint density at radius 1 is 1.18 bits per heavy atom. The van der Waals surface area contributed by atoms with Crippen molar-refractivity contribution in [3.8, 4) is 0 Å². The molecule has 0 unspecified atom stereocenters. The van der Waals surface area contributed by atoms with Crippen molar-refractivity contribution in [1.82, 2.24) is 9.88 Å². The van der Waals surface area contributed by atoms with Gasteiger partial charge in [0.1, 0.15) is 12.0 Å². The Hall–Kier alpha value is -2.82. The van der Waals surface area contributed by atoms with E-state index >= 15 is 0 Å². The highest BCUT2D eigenvalue weighted by Crippen LogP contribution is 2.33. The molecule has 0 bridgehead atoms. The molecule has 1 saturated heterocycles. The maximum Gasteiger partial charge on any atom is 0.306 e. The molecule has 1 saturated carbocycles. The number of carboxylic acid groups (broad SMARTS) is 1. The van der Waals surface area contributed by atoms with Crippen LogP contribution in [0.2, 0.25) is 5.02 Å². The van der Waals surface area contributed by atoms with Crippen LogP contribution in [0.1, 0.15) is 37.7 Å². The summed E-state index contributed by atoms with van der Waals surface area (Å²) in [5.74, 6) is -1.62. The van der Waals surface area contributed by atoms with Crippen molar-refractivity contribution in [3.63, 3.8) is 0 Å². The van der Waals surface area contributed by atoms with E-state index in [-0.39, 0.29) is 55.8 Å². The van der Waals surface area contributed by atoms with Crippen molar-refractivity contribution in [2.75, 3.05) is 18.5 Å². The van der Waals surface area contributed by atoms with Gasteiger partial charge in [-0.2, -0.15) is 0 Å². The number of hydrogen-bond donors (Lipinski definition) is 2. The van der Waals surface area contributed by atoms with E-state index in [0.717, 1.165) is 0 Å². The lowest BCUT2D eigenvalue weighted by Crippen LogP contribution is -2.40. The van der Waals surface area contributed by atoms with Crippen molar-refractivity contribution in [1.29, 1.82) is 0 Å². The molecule has 2 aliphatic rings. The van der Waals surface area contributed by atoms with Crippen LogP contribution in [0, 0.1) is 11.7 Å². The number of carboxylic acids is 1. The maximum atomic E-state index is 14.3. The third-order valence-electron chi connectivity index (χ3n) is 7.21. The number of aromatic nitrogens is 1. The number of alkyl halides is 1. The predicted molar refractivity (Wildman–Crippen MR) is 142 cm³/mol. The molecule has 2 atom stereocenters. The Bertz CT molecular complexity index is 1330. The molecule has 3 aromatic rings. The zero-order valence-electron chi connectivity index (χ0n) is 20.5. The first-order valence-corrected chi connectivity index (χ1v) is 13.8. The van der Waals surface area contributed by atoms with Crippen molar-refractivity contribution >= 4 is 55.8 Å². The molecule has 2 fully saturated rings. The van der Waals surface area contributed by atoms with E-state index in [4.69, 9.17) is 21.4 Å². The van der Waals surface area contributed by atoms with E-state index in [1.54, 1.807) is 29.2 Å². The number of carbonyl (C=O) groups is 2. The van der Waals surface area contributed by atoms with Gasteiger partial charge in [0, 0.05) is 6.42 Å². The van der Waals surface area contributed by atoms with Crippen molar-refractivity contribution in [2.45, 2.75) is 56.8 Å². The maximum absolute atomic E-state index is 14.3. The summed E-state index contributed by atoms with van der Waals surface area (Å²) in [6, 6.07) is 9.29. The molecule has 11 heteroatoms. The number of hydrogen-bond acceptors (Lipinski definition) is 6. The summed E-state index contributed by atoms with van der Waals surface area (Å²) in [6.45, 7) is 0.272. The van der Waals surface area contributed by atoms with Crippen molar-refractivity contribution in [2.24, 2.45) is 5.92 Å². The number of fused-ring (bicyclic) bond motifs is 1. The Balaban J connectivity index is 1.17. The van der Waals surface area contributed by atoms with Crippen LogP contribution < -0.4 is 5.32 Å². The molecule has 1 aliphatic heterocycles. The third kappa shape index (κ3) is 6.24. The molecule has 2 aromatic carbocycles. The number of anilines is 2. The lowest BCUT2D eigenvalue weighted by atomic mass is 9.87. The van der Waals surface area contributed by atoms with Gasteiger partial charge in [0.2, 0.25) is 5.91 Å². The summed E-state index contributed by atoms with van der Waals surface area (Å²) >= 11 is 7.78. The fourth-order valence-electron chi connectivity index (χ4n) is 5.16. The van der Waals surface area contributed by atoms with Crippen LogP contribution in [0.15, 0.2) is 36.4 Å². The minimum Gasteiger partial charge on any atom is -0.481 e. The van der Waals surface area contributed by atoms with Gasteiger partial charge in [-0.15, -0.1) is 0 Å². The van der Waals surface area contributed by atoms with Gasteiger partial charge >= 0.3 is 5.97 Å². The Morgan fingerprint density at radius 2 is 1.97 bits per heavy atom. The second-order valence-corrected chi connectivity index (χ2v) is 11.4. The molecule has 1 aliphatic carbocycles. The molecule has 38 heavy (non-hydrogen) atoms. The standard InChI is InChI=1S/C27H28ClF2N3O4S/c28-21-9-15(1-7-22(21)31-27-32-23-8-4-17(29)12-24(23)38-27)10-25(34)33-13-18(30)11-19(33)14-37-20-5-2-16(3-6-20)26(35)36/h1,4,7-9,12,16,18-20H,2-3,5-6,10-11,13-14H2,(H,31,32)(H,35,36)/t16?,18-,19-,20?/m0/s1. The van der Waals surface area contributed by atoms with Gasteiger partial charge in [-0.3, -0.25) is 9.59 Å². The van der Waals surface area contributed by atoms with Gasteiger partial charge < -0.3 is 20.1 Å². The van der Waals surface area contributed by atoms with Crippen molar-refractivity contribution in [3.05, 3.63) is 52.8 Å². The number of rotatable bonds is 8. The monoisotopic (exact) mass is 563 g/mol. The number of halogens is 3. The second-order valence-electron chi connectivity index (χ2n) is 9.93. The van der Waals surface area contributed by atoms with E-state index in [9.17, 15) is 18.4 Å². The first-order chi connectivity index (χ1) is 18.2. The molecule has 7 nitrogen and oxygen atoms in total. The SMILES string of the molecule is O=C(O)C1CCC(OC[C@@H]2C[C@H](F)CN2C(=O)Cc2ccc(Nc3nc4ccc(F)cc4s3)c(Cl)c2)CC1. The highest BCUT2D eigenvalue weighted by Gasteiger charge is 2.36. The number of nitrogens with zero attached hydrogens (tertiary/aromatic N) is 2. The molecule has 1 amide bonds. The number of carbonyl (C=O) groups excluding carboxylic acids is 1. The molecule has 5 rings (SSSR count). The van der Waals surface area contributed by atoms with Gasteiger partial charge in [-0.25, -0.2) is 13.8 Å². The summed E-state index contributed by atoms with van der Waals surface area (Å²) in [4.78, 5) is 30.2. The number of nitrogens with one attached hydrogen (secondary N) is 1. The molecule has 2 N–H and O–H groups in total.